The number of hydrogen-bond donors (Lipinski definition) is 0. The van der Waals surface area contributed by atoms with Gasteiger partial charge in [-0.1, -0.05) is 0 Å². The Balaban J connectivity index is 2.06. The molecule has 74 valence electrons. The average molecular weight is 186 g/mol. The Morgan fingerprint density at radius 2 is 2.46 bits per heavy atom. The van der Waals surface area contributed by atoms with E-state index in [4.69, 9.17) is 4.74 Å². The summed E-state index contributed by atoms with van der Waals surface area (Å²) in [6.07, 6.45) is 3.23. The average Bonchev–Trinajstić information content (AvgIpc) is 2.51. The van der Waals surface area contributed by atoms with Crippen LogP contribution in [-0.4, -0.2) is 25.2 Å². The lowest BCUT2D eigenvalue weighted by molar-refractivity contribution is -0.141. The van der Waals surface area contributed by atoms with Gasteiger partial charge in [0.1, 0.15) is 6.10 Å². The van der Waals surface area contributed by atoms with Crippen LogP contribution in [0.1, 0.15) is 32.1 Å². The molecule has 13 heavy (non-hydrogen) atoms. The van der Waals surface area contributed by atoms with Gasteiger partial charge in [0, 0.05) is 12.8 Å². The van der Waals surface area contributed by atoms with Crippen LogP contribution in [0, 0.1) is 0 Å². The second-order valence-corrected chi connectivity index (χ2v) is 3.12. The molecule has 1 saturated heterocycles. The summed E-state index contributed by atoms with van der Waals surface area (Å²) in [5.74, 6) is -0.326. The Bertz CT molecular complexity index is 200. The third kappa shape index (κ3) is 3.44. The Labute approximate surface area is 77.2 Å². The van der Waals surface area contributed by atoms with Gasteiger partial charge < -0.3 is 9.47 Å². The van der Waals surface area contributed by atoms with Crippen molar-refractivity contribution in [2.45, 2.75) is 38.2 Å². The van der Waals surface area contributed by atoms with Gasteiger partial charge in [0.2, 0.25) is 0 Å². The summed E-state index contributed by atoms with van der Waals surface area (Å²) < 4.78 is 9.48. The molecule has 0 spiro atoms. The molecule has 0 aromatic carbocycles. The van der Waals surface area contributed by atoms with Crippen LogP contribution < -0.4 is 0 Å². The standard InChI is InChI=1S/C9H14O4/c1-12-8(10)4-2-3-7-5-6-9(11)13-7/h7H,2-6H2,1H3. The topological polar surface area (TPSA) is 52.6 Å². The summed E-state index contributed by atoms with van der Waals surface area (Å²) in [6.45, 7) is 0. The number of hydrogen-bond acceptors (Lipinski definition) is 4. The second kappa shape index (κ2) is 4.84. The lowest BCUT2D eigenvalue weighted by Crippen LogP contribution is -2.08. The first-order valence-corrected chi connectivity index (χ1v) is 4.48. The molecule has 0 bridgehead atoms. The van der Waals surface area contributed by atoms with Gasteiger partial charge in [-0.15, -0.1) is 0 Å². The molecule has 0 aromatic heterocycles. The molecule has 0 aromatic rings. The Hall–Kier alpha value is -1.06. The predicted octanol–water partition coefficient (Wildman–Crippen LogP) is 1.04. The largest absolute Gasteiger partial charge is 0.469 e. The maximum Gasteiger partial charge on any atom is 0.306 e. The lowest BCUT2D eigenvalue weighted by atomic mass is 10.1. The van der Waals surface area contributed by atoms with Gasteiger partial charge >= 0.3 is 11.9 Å². The number of esters is 2. The molecule has 0 saturated carbocycles. The van der Waals surface area contributed by atoms with Gasteiger partial charge in [0.15, 0.2) is 0 Å². The lowest BCUT2D eigenvalue weighted by Gasteiger charge is -2.07. The van der Waals surface area contributed by atoms with E-state index < -0.39 is 0 Å². The highest BCUT2D eigenvalue weighted by Gasteiger charge is 2.22. The van der Waals surface area contributed by atoms with Crippen molar-refractivity contribution in [1.82, 2.24) is 0 Å². The molecule has 4 heteroatoms. The Kier molecular flexibility index (Phi) is 3.73. The summed E-state index contributed by atoms with van der Waals surface area (Å²) in [4.78, 5) is 21.4. The van der Waals surface area contributed by atoms with Crippen LogP contribution in [0.15, 0.2) is 0 Å². The van der Waals surface area contributed by atoms with E-state index in [-0.39, 0.29) is 18.0 Å². The van der Waals surface area contributed by atoms with Crippen molar-refractivity contribution in [2.24, 2.45) is 0 Å². The smallest absolute Gasteiger partial charge is 0.306 e. The quantitative estimate of drug-likeness (QED) is 0.615. The van der Waals surface area contributed by atoms with Gasteiger partial charge in [-0.05, 0) is 19.3 Å². The van der Waals surface area contributed by atoms with E-state index >= 15 is 0 Å². The van der Waals surface area contributed by atoms with Gasteiger partial charge in [-0.25, -0.2) is 0 Å². The maximum absolute atomic E-state index is 10.7. The molecular weight excluding hydrogens is 172 g/mol. The van der Waals surface area contributed by atoms with Crippen molar-refractivity contribution in [2.75, 3.05) is 7.11 Å². The zero-order chi connectivity index (χ0) is 9.68. The van der Waals surface area contributed by atoms with Crippen LogP contribution >= 0.6 is 0 Å². The first-order chi connectivity index (χ1) is 6.22. The molecule has 0 N–H and O–H groups in total. The highest BCUT2D eigenvalue weighted by molar-refractivity contribution is 5.71. The van der Waals surface area contributed by atoms with Gasteiger partial charge in [0.05, 0.1) is 7.11 Å². The van der Waals surface area contributed by atoms with Gasteiger partial charge in [-0.3, -0.25) is 9.59 Å². The van der Waals surface area contributed by atoms with Crippen molar-refractivity contribution in [1.29, 1.82) is 0 Å². The summed E-state index contributed by atoms with van der Waals surface area (Å²) in [5.41, 5.74) is 0. The summed E-state index contributed by atoms with van der Waals surface area (Å²) in [6, 6.07) is 0. The van der Waals surface area contributed by atoms with Crippen LogP contribution in [0.2, 0.25) is 0 Å². The molecule has 0 amide bonds. The van der Waals surface area contributed by atoms with Crippen molar-refractivity contribution >= 4 is 11.9 Å². The van der Waals surface area contributed by atoms with Crippen molar-refractivity contribution in [3.8, 4) is 0 Å². The Morgan fingerprint density at radius 3 is 3.00 bits per heavy atom. The van der Waals surface area contributed by atoms with Crippen LogP contribution in [0.5, 0.6) is 0 Å². The zero-order valence-corrected chi connectivity index (χ0v) is 7.75. The van der Waals surface area contributed by atoms with Gasteiger partial charge in [0.25, 0.3) is 0 Å². The molecule has 1 heterocycles. The second-order valence-electron chi connectivity index (χ2n) is 3.12. The maximum atomic E-state index is 10.7. The fourth-order valence-electron chi connectivity index (χ4n) is 1.36. The summed E-state index contributed by atoms with van der Waals surface area (Å²) >= 11 is 0. The first-order valence-electron chi connectivity index (χ1n) is 4.48. The van der Waals surface area contributed by atoms with E-state index in [1.54, 1.807) is 0 Å². The molecule has 1 aliphatic rings. The van der Waals surface area contributed by atoms with Crippen LogP contribution in [0.25, 0.3) is 0 Å². The van der Waals surface area contributed by atoms with Crippen molar-refractivity contribution < 1.29 is 19.1 Å². The van der Waals surface area contributed by atoms with Gasteiger partial charge in [-0.2, -0.15) is 0 Å². The number of methoxy groups -OCH3 is 1. The van der Waals surface area contributed by atoms with Crippen LogP contribution in [0.4, 0.5) is 0 Å². The molecule has 0 radical (unpaired) electrons. The minimum absolute atomic E-state index is 0.0251. The minimum atomic E-state index is -0.204. The highest BCUT2D eigenvalue weighted by atomic mass is 16.5. The number of ether oxygens (including phenoxy) is 2. The highest BCUT2D eigenvalue weighted by Crippen LogP contribution is 2.18. The van der Waals surface area contributed by atoms with Crippen LogP contribution in [-0.2, 0) is 19.1 Å². The zero-order valence-electron chi connectivity index (χ0n) is 7.75. The molecule has 0 aliphatic carbocycles. The van der Waals surface area contributed by atoms with E-state index in [0.29, 0.717) is 12.8 Å². The summed E-state index contributed by atoms with van der Waals surface area (Å²) in [5, 5.41) is 0. The number of rotatable bonds is 4. The Morgan fingerprint density at radius 1 is 1.69 bits per heavy atom. The SMILES string of the molecule is COC(=O)CCCC1CCC(=O)O1. The fraction of sp³-hybridized carbons (Fsp3) is 0.778. The van der Waals surface area contributed by atoms with E-state index in [0.717, 1.165) is 19.3 Å². The monoisotopic (exact) mass is 186 g/mol. The van der Waals surface area contributed by atoms with E-state index in [1.165, 1.54) is 7.11 Å². The molecular formula is C9H14O4. The third-order valence-corrected chi connectivity index (χ3v) is 2.10. The molecule has 1 atom stereocenters. The first kappa shape index (κ1) is 10.0. The molecule has 1 unspecified atom stereocenters. The fourth-order valence-corrected chi connectivity index (χ4v) is 1.36. The molecule has 1 rings (SSSR count). The van der Waals surface area contributed by atoms with E-state index in [2.05, 4.69) is 4.74 Å². The predicted molar refractivity (Wildman–Crippen MR) is 45.0 cm³/mol. The number of cyclic esters (lactones) is 1. The minimum Gasteiger partial charge on any atom is -0.469 e. The number of carbonyl (C=O) groups is 2. The molecule has 4 nitrogen and oxygen atoms in total. The third-order valence-electron chi connectivity index (χ3n) is 2.10. The number of carbonyl (C=O) groups excluding carboxylic acids is 2. The molecule has 1 aliphatic heterocycles. The molecule has 1 fully saturated rings. The van der Waals surface area contributed by atoms with E-state index in [9.17, 15) is 9.59 Å². The normalized spacial score (nSPS) is 21.3. The summed E-state index contributed by atoms with van der Waals surface area (Å²) in [7, 11) is 1.37. The van der Waals surface area contributed by atoms with E-state index in [1.807, 2.05) is 0 Å². The van der Waals surface area contributed by atoms with Crippen molar-refractivity contribution in [3.05, 3.63) is 0 Å². The van der Waals surface area contributed by atoms with Crippen LogP contribution in [0.3, 0.4) is 0 Å². The van der Waals surface area contributed by atoms with Crippen molar-refractivity contribution in [3.63, 3.8) is 0 Å².